The summed E-state index contributed by atoms with van der Waals surface area (Å²) in [4.78, 5) is 0. The Kier molecular flexibility index (Phi) is 6.84. The van der Waals surface area contributed by atoms with E-state index in [-0.39, 0.29) is 18.5 Å². The van der Waals surface area contributed by atoms with E-state index in [1.54, 1.807) is 24.3 Å². The van der Waals surface area contributed by atoms with Gasteiger partial charge in [-0.3, -0.25) is 0 Å². The zero-order valence-corrected chi connectivity index (χ0v) is 16.1. The second-order valence-electron chi connectivity index (χ2n) is 5.87. The fourth-order valence-electron chi connectivity index (χ4n) is 2.28. The molecule has 3 rings (SSSR count). The lowest BCUT2D eigenvalue weighted by molar-refractivity contribution is 0.00618. The van der Waals surface area contributed by atoms with Crippen LogP contribution >= 0.6 is 23.4 Å². The molecule has 5 nitrogen and oxygen atoms in total. The van der Waals surface area contributed by atoms with E-state index in [2.05, 4.69) is 10.2 Å². The van der Waals surface area contributed by atoms with Gasteiger partial charge in [0.05, 0.1) is 18.8 Å². The van der Waals surface area contributed by atoms with Gasteiger partial charge in [-0.15, -0.1) is 10.2 Å². The number of aliphatic hydroxyl groups is 1. The van der Waals surface area contributed by atoms with Gasteiger partial charge in [-0.25, -0.2) is 4.39 Å². The van der Waals surface area contributed by atoms with Gasteiger partial charge in [0.15, 0.2) is 0 Å². The van der Waals surface area contributed by atoms with Gasteiger partial charge in [0.1, 0.15) is 5.82 Å². The summed E-state index contributed by atoms with van der Waals surface area (Å²) >= 11 is 7.11. The molecule has 8 heteroatoms. The highest BCUT2D eigenvalue weighted by Gasteiger charge is 2.14. The largest absolute Gasteiger partial charge is 0.411 e. The molecule has 0 bridgehead atoms. The molecule has 2 aromatic carbocycles. The zero-order valence-electron chi connectivity index (χ0n) is 14.5. The first-order valence-electron chi connectivity index (χ1n) is 8.28. The van der Waals surface area contributed by atoms with Crippen LogP contribution in [0.15, 0.2) is 58.2 Å². The van der Waals surface area contributed by atoms with Gasteiger partial charge < -0.3 is 14.3 Å². The third-order valence-corrected chi connectivity index (χ3v) is 4.99. The summed E-state index contributed by atoms with van der Waals surface area (Å²) in [6.45, 7) is 2.09. The maximum Gasteiger partial charge on any atom is 0.276 e. The molecule has 0 aliphatic rings. The van der Waals surface area contributed by atoms with Gasteiger partial charge in [-0.2, -0.15) is 0 Å². The molecular weight excluding hydrogens is 391 g/mol. The van der Waals surface area contributed by atoms with E-state index in [4.69, 9.17) is 20.8 Å². The molecular formula is C19H18ClFN2O3S. The summed E-state index contributed by atoms with van der Waals surface area (Å²) in [5, 5.41) is 19.0. The van der Waals surface area contributed by atoms with Gasteiger partial charge in [-0.05, 0) is 48.9 Å². The fraction of sp³-hybridized carbons (Fsp3) is 0.263. The molecule has 0 saturated heterocycles. The number of hydrogen-bond acceptors (Lipinski definition) is 6. The van der Waals surface area contributed by atoms with Crippen LogP contribution in [0.25, 0.3) is 11.5 Å². The molecule has 0 spiro atoms. The van der Waals surface area contributed by atoms with Crippen molar-refractivity contribution < 1.29 is 18.7 Å². The Bertz CT molecular complexity index is 858. The molecule has 142 valence electrons. The van der Waals surface area contributed by atoms with Crippen molar-refractivity contribution in [3.05, 3.63) is 64.9 Å². The summed E-state index contributed by atoms with van der Waals surface area (Å²) < 4.78 is 24.2. The van der Waals surface area contributed by atoms with Gasteiger partial charge in [-0.1, -0.05) is 35.5 Å². The molecule has 0 unspecified atom stereocenters. The molecule has 1 N–H and O–H groups in total. The van der Waals surface area contributed by atoms with Crippen LogP contribution < -0.4 is 0 Å². The molecule has 0 aliphatic carbocycles. The van der Waals surface area contributed by atoms with Gasteiger partial charge in [0.25, 0.3) is 5.22 Å². The van der Waals surface area contributed by atoms with Gasteiger partial charge >= 0.3 is 0 Å². The Labute approximate surface area is 165 Å². The van der Waals surface area contributed by atoms with Crippen LogP contribution in [0.3, 0.4) is 0 Å². The molecule has 0 fully saturated rings. The van der Waals surface area contributed by atoms with E-state index in [0.29, 0.717) is 27.5 Å². The monoisotopic (exact) mass is 408 g/mol. The number of aliphatic hydroxyl groups excluding tert-OH is 1. The highest BCUT2D eigenvalue weighted by Crippen LogP contribution is 2.24. The first kappa shape index (κ1) is 19.8. The summed E-state index contributed by atoms with van der Waals surface area (Å²) in [5.74, 6) is 0.321. The van der Waals surface area contributed by atoms with Crippen LogP contribution in [0.2, 0.25) is 5.02 Å². The molecule has 0 amide bonds. The van der Waals surface area contributed by atoms with Crippen molar-refractivity contribution in [1.29, 1.82) is 0 Å². The first-order valence-corrected chi connectivity index (χ1v) is 9.65. The maximum absolute atomic E-state index is 13.0. The lowest BCUT2D eigenvalue weighted by atomic mass is 10.1. The van der Waals surface area contributed by atoms with Crippen molar-refractivity contribution in [2.45, 2.75) is 24.4 Å². The maximum atomic E-state index is 13.0. The summed E-state index contributed by atoms with van der Waals surface area (Å²) in [6, 6.07) is 13.2. The third kappa shape index (κ3) is 5.77. The van der Waals surface area contributed by atoms with Crippen LogP contribution in [-0.4, -0.2) is 33.8 Å². The Balaban J connectivity index is 1.46. The minimum atomic E-state index is -0.689. The summed E-state index contributed by atoms with van der Waals surface area (Å²) in [7, 11) is 0. The second kappa shape index (κ2) is 9.32. The quantitative estimate of drug-likeness (QED) is 0.542. The highest BCUT2D eigenvalue weighted by molar-refractivity contribution is 7.99. The SMILES string of the molecule is C[C@H](OC[C@@H](O)CSc1nnc(-c2ccc(F)cc2)o1)c1ccc(Cl)cc1. The average molecular weight is 409 g/mol. The van der Waals surface area contributed by atoms with Crippen LogP contribution in [0, 0.1) is 5.82 Å². The van der Waals surface area contributed by atoms with E-state index in [1.165, 1.54) is 23.9 Å². The molecule has 2 atom stereocenters. The number of thioether (sulfide) groups is 1. The zero-order chi connectivity index (χ0) is 19.2. The summed E-state index contributed by atoms with van der Waals surface area (Å²) in [5.41, 5.74) is 1.62. The highest BCUT2D eigenvalue weighted by atomic mass is 35.5. The van der Waals surface area contributed by atoms with Crippen LogP contribution in [0.5, 0.6) is 0 Å². The number of nitrogens with zero attached hydrogens (tertiary/aromatic N) is 2. The lowest BCUT2D eigenvalue weighted by Crippen LogP contribution is -2.19. The smallest absolute Gasteiger partial charge is 0.276 e. The Morgan fingerprint density at radius 1 is 1.15 bits per heavy atom. The molecule has 27 heavy (non-hydrogen) atoms. The second-order valence-corrected chi connectivity index (χ2v) is 7.28. The van der Waals surface area contributed by atoms with Crippen molar-refractivity contribution >= 4 is 23.4 Å². The Hall–Kier alpha value is -1.93. The number of hydrogen-bond donors (Lipinski definition) is 1. The molecule has 0 aliphatic heterocycles. The van der Waals surface area contributed by atoms with E-state index >= 15 is 0 Å². The van der Waals surface area contributed by atoms with E-state index in [1.807, 2.05) is 19.1 Å². The predicted molar refractivity (Wildman–Crippen MR) is 102 cm³/mol. The third-order valence-electron chi connectivity index (χ3n) is 3.77. The minimum absolute atomic E-state index is 0.157. The van der Waals surface area contributed by atoms with E-state index < -0.39 is 6.10 Å². The van der Waals surface area contributed by atoms with Crippen LogP contribution in [0.4, 0.5) is 4.39 Å². The molecule has 1 heterocycles. The van der Waals surface area contributed by atoms with Crippen LogP contribution in [-0.2, 0) is 4.74 Å². The Morgan fingerprint density at radius 2 is 1.85 bits per heavy atom. The van der Waals surface area contributed by atoms with Crippen molar-refractivity contribution in [2.75, 3.05) is 12.4 Å². The number of benzene rings is 2. The number of halogens is 2. The van der Waals surface area contributed by atoms with Crippen molar-refractivity contribution in [3.63, 3.8) is 0 Å². The van der Waals surface area contributed by atoms with E-state index in [9.17, 15) is 9.50 Å². The first-order chi connectivity index (χ1) is 13.0. The van der Waals surface area contributed by atoms with Crippen LogP contribution in [0.1, 0.15) is 18.6 Å². The van der Waals surface area contributed by atoms with Crippen molar-refractivity contribution in [3.8, 4) is 11.5 Å². The van der Waals surface area contributed by atoms with Crippen molar-refractivity contribution in [1.82, 2.24) is 10.2 Å². The minimum Gasteiger partial charge on any atom is -0.411 e. The topological polar surface area (TPSA) is 68.4 Å². The predicted octanol–water partition coefficient (Wildman–Crippen LogP) is 4.76. The molecule has 0 saturated carbocycles. The summed E-state index contributed by atoms with van der Waals surface area (Å²) in [6.07, 6.45) is -0.846. The number of ether oxygens (including phenoxy) is 1. The van der Waals surface area contributed by atoms with Gasteiger partial charge in [0.2, 0.25) is 5.89 Å². The fourth-order valence-corrected chi connectivity index (χ4v) is 3.07. The van der Waals surface area contributed by atoms with E-state index in [0.717, 1.165) is 5.56 Å². The Morgan fingerprint density at radius 3 is 2.56 bits per heavy atom. The molecule has 3 aromatic rings. The molecule has 0 radical (unpaired) electrons. The molecule has 1 aromatic heterocycles. The van der Waals surface area contributed by atoms with Gasteiger partial charge in [0, 0.05) is 16.3 Å². The lowest BCUT2D eigenvalue weighted by Gasteiger charge is -2.16. The normalized spacial score (nSPS) is 13.5. The average Bonchev–Trinajstić information content (AvgIpc) is 3.14. The number of aromatic nitrogens is 2. The standard InChI is InChI=1S/C19H18ClFN2O3S/c1-12(13-2-6-15(20)7-3-13)25-10-17(24)11-27-19-23-22-18(26-19)14-4-8-16(21)9-5-14/h2-9,12,17,24H,10-11H2,1H3/t12-,17+/m0/s1. The number of rotatable bonds is 8. The van der Waals surface area contributed by atoms with Crippen molar-refractivity contribution in [2.24, 2.45) is 0 Å².